The number of nitrogens with one attached hydrogen (secondary N) is 2. The van der Waals surface area contributed by atoms with Gasteiger partial charge >= 0.3 is 0 Å². The number of methoxy groups -OCH3 is 1. The van der Waals surface area contributed by atoms with Crippen LogP contribution in [-0.4, -0.2) is 51.3 Å². The first kappa shape index (κ1) is 25.3. The minimum atomic E-state index is 0. The highest BCUT2D eigenvalue weighted by Crippen LogP contribution is 2.28. The summed E-state index contributed by atoms with van der Waals surface area (Å²) in [6.45, 7) is 6.35. The molecule has 1 fully saturated rings. The number of rotatable bonds is 10. The molecule has 0 aliphatic carbocycles. The maximum absolute atomic E-state index is 5.73. The van der Waals surface area contributed by atoms with E-state index in [-0.39, 0.29) is 30.0 Å². The maximum atomic E-state index is 5.73. The zero-order valence-electron chi connectivity index (χ0n) is 18.7. The second kappa shape index (κ2) is 13.5. The third kappa shape index (κ3) is 7.31. The van der Waals surface area contributed by atoms with E-state index in [0.29, 0.717) is 13.2 Å². The predicted octanol–water partition coefficient (Wildman–Crippen LogP) is 4.20. The summed E-state index contributed by atoms with van der Waals surface area (Å²) in [5.74, 6) is 3.28. The zero-order valence-corrected chi connectivity index (χ0v) is 21.1. The molecule has 1 aromatic heterocycles. The number of benzene rings is 1. The third-order valence-corrected chi connectivity index (χ3v) is 5.29. The highest BCUT2D eigenvalue weighted by molar-refractivity contribution is 14.0. The Balaban J connectivity index is 0.00000341. The van der Waals surface area contributed by atoms with Crippen LogP contribution in [0.2, 0.25) is 0 Å². The standard InChI is InChI=1S/C23H34N4O3.HI/c1-4-13-29-21-10-9-18(15-22(21)28-3)16-25-23(24-2)26-17-19(20-8-7-14-30-20)27-11-5-6-12-27;/h7-10,14-15,19H,4-6,11-13,16-17H2,1-3H3,(H2,24,25,26);1H. The van der Waals surface area contributed by atoms with Crippen LogP contribution in [0.5, 0.6) is 11.5 Å². The van der Waals surface area contributed by atoms with E-state index in [9.17, 15) is 0 Å². The average molecular weight is 542 g/mol. The molecule has 1 saturated heterocycles. The Morgan fingerprint density at radius 3 is 2.65 bits per heavy atom. The van der Waals surface area contributed by atoms with Gasteiger partial charge in [-0.05, 0) is 62.2 Å². The van der Waals surface area contributed by atoms with Gasteiger partial charge in [0.05, 0.1) is 26.0 Å². The quantitative estimate of drug-likeness (QED) is 0.267. The van der Waals surface area contributed by atoms with Crippen LogP contribution in [0.4, 0.5) is 0 Å². The molecule has 1 aliphatic rings. The van der Waals surface area contributed by atoms with E-state index in [1.807, 2.05) is 24.3 Å². The Labute approximate surface area is 202 Å². The monoisotopic (exact) mass is 542 g/mol. The molecule has 31 heavy (non-hydrogen) atoms. The molecule has 2 N–H and O–H groups in total. The van der Waals surface area contributed by atoms with Crippen molar-refractivity contribution in [3.63, 3.8) is 0 Å². The van der Waals surface area contributed by atoms with E-state index in [2.05, 4.69) is 33.5 Å². The van der Waals surface area contributed by atoms with Crippen molar-refractivity contribution in [3.05, 3.63) is 47.9 Å². The van der Waals surface area contributed by atoms with Crippen LogP contribution in [-0.2, 0) is 6.54 Å². The molecule has 0 saturated carbocycles. The number of hydrogen-bond acceptors (Lipinski definition) is 5. The largest absolute Gasteiger partial charge is 0.493 e. The van der Waals surface area contributed by atoms with Gasteiger partial charge in [0.2, 0.25) is 0 Å². The highest BCUT2D eigenvalue weighted by atomic mass is 127. The molecule has 2 heterocycles. The molecule has 1 atom stereocenters. The number of likely N-dealkylation sites (tertiary alicyclic amines) is 1. The van der Waals surface area contributed by atoms with Gasteiger partial charge in [-0.1, -0.05) is 13.0 Å². The summed E-state index contributed by atoms with van der Waals surface area (Å²) in [6, 6.07) is 10.2. The molecule has 1 unspecified atom stereocenters. The van der Waals surface area contributed by atoms with E-state index in [4.69, 9.17) is 13.9 Å². The number of guanidine groups is 1. The van der Waals surface area contributed by atoms with E-state index < -0.39 is 0 Å². The van der Waals surface area contributed by atoms with E-state index in [1.54, 1.807) is 20.4 Å². The molecular formula is C23H35IN4O3. The molecule has 2 aromatic rings. The lowest BCUT2D eigenvalue weighted by atomic mass is 10.2. The van der Waals surface area contributed by atoms with Crippen LogP contribution in [0.25, 0.3) is 0 Å². The molecule has 3 rings (SSSR count). The molecule has 0 bridgehead atoms. The fourth-order valence-corrected chi connectivity index (χ4v) is 3.70. The Hall–Kier alpha value is -1.94. The minimum Gasteiger partial charge on any atom is -0.493 e. The molecule has 1 aromatic carbocycles. The van der Waals surface area contributed by atoms with Crippen molar-refractivity contribution in [1.29, 1.82) is 0 Å². The van der Waals surface area contributed by atoms with E-state index in [1.165, 1.54) is 12.8 Å². The Bertz CT molecular complexity index is 792. The van der Waals surface area contributed by atoms with Crippen LogP contribution < -0.4 is 20.1 Å². The smallest absolute Gasteiger partial charge is 0.191 e. The van der Waals surface area contributed by atoms with Gasteiger partial charge in [-0.15, -0.1) is 24.0 Å². The van der Waals surface area contributed by atoms with Crippen molar-refractivity contribution >= 4 is 29.9 Å². The van der Waals surface area contributed by atoms with Crippen LogP contribution in [0.1, 0.15) is 43.6 Å². The Morgan fingerprint density at radius 1 is 1.19 bits per heavy atom. The minimum absolute atomic E-state index is 0. The molecule has 7 nitrogen and oxygen atoms in total. The SMILES string of the molecule is CCCOc1ccc(CNC(=NC)NCC(c2ccco2)N2CCCC2)cc1OC.I. The first-order valence-electron chi connectivity index (χ1n) is 10.8. The van der Waals surface area contributed by atoms with Crippen molar-refractivity contribution in [2.45, 2.75) is 38.8 Å². The summed E-state index contributed by atoms with van der Waals surface area (Å²) in [5, 5.41) is 6.84. The van der Waals surface area contributed by atoms with Gasteiger partial charge in [-0.25, -0.2) is 0 Å². The van der Waals surface area contributed by atoms with Gasteiger partial charge in [0.25, 0.3) is 0 Å². The topological polar surface area (TPSA) is 71.3 Å². The molecule has 1 aliphatic heterocycles. The highest BCUT2D eigenvalue weighted by Gasteiger charge is 2.25. The summed E-state index contributed by atoms with van der Waals surface area (Å²) < 4.78 is 16.9. The van der Waals surface area contributed by atoms with E-state index in [0.717, 1.165) is 54.8 Å². The van der Waals surface area contributed by atoms with Gasteiger partial charge in [0.1, 0.15) is 5.76 Å². The van der Waals surface area contributed by atoms with Crippen LogP contribution in [0.3, 0.4) is 0 Å². The summed E-state index contributed by atoms with van der Waals surface area (Å²) >= 11 is 0. The van der Waals surface area contributed by atoms with Gasteiger partial charge in [0.15, 0.2) is 17.5 Å². The third-order valence-electron chi connectivity index (χ3n) is 5.29. The lowest BCUT2D eigenvalue weighted by Gasteiger charge is -2.26. The molecule has 0 amide bonds. The Morgan fingerprint density at radius 2 is 2.00 bits per heavy atom. The number of hydrogen-bond donors (Lipinski definition) is 2. The number of furan rings is 1. The predicted molar refractivity (Wildman–Crippen MR) is 135 cm³/mol. The number of halogens is 1. The summed E-state index contributed by atoms with van der Waals surface area (Å²) in [6.07, 6.45) is 5.19. The zero-order chi connectivity index (χ0) is 21.2. The number of nitrogens with zero attached hydrogens (tertiary/aromatic N) is 2. The van der Waals surface area contributed by atoms with Gasteiger partial charge in [-0.3, -0.25) is 9.89 Å². The molecular weight excluding hydrogens is 507 g/mol. The van der Waals surface area contributed by atoms with Crippen LogP contribution >= 0.6 is 24.0 Å². The van der Waals surface area contributed by atoms with Crippen molar-refractivity contribution in [3.8, 4) is 11.5 Å². The Kier molecular flexibility index (Phi) is 11.0. The van der Waals surface area contributed by atoms with Crippen molar-refractivity contribution in [1.82, 2.24) is 15.5 Å². The summed E-state index contributed by atoms with van der Waals surface area (Å²) in [4.78, 5) is 6.84. The summed E-state index contributed by atoms with van der Waals surface area (Å²) in [7, 11) is 3.45. The lowest BCUT2D eigenvalue weighted by molar-refractivity contribution is 0.215. The van der Waals surface area contributed by atoms with Gasteiger partial charge in [-0.2, -0.15) is 0 Å². The molecule has 0 radical (unpaired) electrons. The molecule has 172 valence electrons. The normalized spacial score (nSPS) is 15.3. The van der Waals surface area contributed by atoms with Crippen molar-refractivity contribution in [2.24, 2.45) is 4.99 Å². The first-order chi connectivity index (χ1) is 14.7. The number of ether oxygens (including phenoxy) is 2. The number of aliphatic imine (C=N–C) groups is 1. The first-order valence-corrected chi connectivity index (χ1v) is 10.8. The van der Waals surface area contributed by atoms with E-state index >= 15 is 0 Å². The van der Waals surface area contributed by atoms with Crippen molar-refractivity contribution < 1.29 is 13.9 Å². The maximum Gasteiger partial charge on any atom is 0.191 e. The molecule has 8 heteroatoms. The van der Waals surface area contributed by atoms with Crippen LogP contribution in [0, 0.1) is 0 Å². The second-order valence-corrected chi connectivity index (χ2v) is 7.41. The fraction of sp³-hybridized carbons (Fsp3) is 0.522. The van der Waals surface area contributed by atoms with Crippen LogP contribution in [0.15, 0.2) is 46.0 Å². The lowest BCUT2D eigenvalue weighted by Crippen LogP contribution is -2.42. The fourth-order valence-electron chi connectivity index (χ4n) is 3.70. The second-order valence-electron chi connectivity index (χ2n) is 7.41. The average Bonchev–Trinajstić information content (AvgIpc) is 3.50. The summed E-state index contributed by atoms with van der Waals surface area (Å²) in [5.41, 5.74) is 1.10. The van der Waals surface area contributed by atoms with Gasteiger partial charge in [0, 0.05) is 20.1 Å². The van der Waals surface area contributed by atoms with Gasteiger partial charge < -0.3 is 24.5 Å². The molecule has 0 spiro atoms. The van der Waals surface area contributed by atoms with Crippen molar-refractivity contribution in [2.75, 3.05) is 40.4 Å².